The summed E-state index contributed by atoms with van der Waals surface area (Å²) in [7, 11) is 0. The highest BCUT2D eigenvalue weighted by Crippen LogP contribution is 2.05. The third kappa shape index (κ3) is 1.76. The third-order valence-electron chi connectivity index (χ3n) is 1.81. The molecule has 2 rings (SSSR count). The minimum absolute atomic E-state index is 0.236. The number of aliphatic carboxylic acids is 1. The smallest absolute Gasteiger partial charge is 0.315 e. The average molecular weight is 218 g/mol. The predicted octanol–water partition coefficient (Wildman–Crippen LogP) is -0.528. The van der Waals surface area contributed by atoms with E-state index in [2.05, 4.69) is 32.0 Å². The van der Waals surface area contributed by atoms with Gasteiger partial charge in [-0.15, -0.1) is 0 Å². The number of carboxylic acids is 1. The van der Waals surface area contributed by atoms with Crippen LogP contribution in [0.1, 0.15) is 12.1 Å². The minimum atomic E-state index is -1.02. The van der Waals surface area contributed by atoms with Gasteiger partial charge in [-0.05, 0) is 5.92 Å². The molecule has 0 unspecified atom stereocenters. The zero-order valence-corrected chi connectivity index (χ0v) is 7.94. The molecule has 0 atom stereocenters. The van der Waals surface area contributed by atoms with E-state index in [-0.39, 0.29) is 28.7 Å². The van der Waals surface area contributed by atoms with E-state index in [9.17, 15) is 9.59 Å². The first-order valence-corrected chi connectivity index (χ1v) is 4.31. The number of aromatic amines is 2. The van der Waals surface area contributed by atoms with Crippen LogP contribution in [-0.2, 0) is 4.79 Å². The van der Waals surface area contributed by atoms with Gasteiger partial charge in [0.05, 0.1) is 6.33 Å². The summed E-state index contributed by atoms with van der Waals surface area (Å²) in [4.78, 5) is 27.9. The van der Waals surface area contributed by atoms with E-state index in [1.807, 2.05) is 0 Å². The molecule has 2 aromatic heterocycles. The Morgan fingerprint density at radius 3 is 3.12 bits per heavy atom. The Hall–Kier alpha value is -2.62. The van der Waals surface area contributed by atoms with Crippen molar-refractivity contribution >= 4 is 17.0 Å². The maximum atomic E-state index is 11.4. The van der Waals surface area contributed by atoms with Gasteiger partial charge in [-0.3, -0.25) is 14.7 Å². The Morgan fingerprint density at radius 1 is 1.56 bits per heavy atom. The van der Waals surface area contributed by atoms with E-state index >= 15 is 0 Å². The van der Waals surface area contributed by atoms with E-state index in [0.717, 1.165) is 0 Å². The Bertz CT molecular complexity index is 658. The predicted molar refractivity (Wildman–Crippen MR) is 53.6 cm³/mol. The van der Waals surface area contributed by atoms with Crippen LogP contribution in [0.25, 0.3) is 11.0 Å². The van der Waals surface area contributed by atoms with Crippen LogP contribution < -0.4 is 5.56 Å². The van der Waals surface area contributed by atoms with Gasteiger partial charge in [0.2, 0.25) is 0 Å². The summed E-state index contributed by atoms with van der Waals surface area (Å²) in [6.45, 7) is 0. The van der Waals surface area contributed by atoms with Gasteiger partial charge >= 0.3 is 5.97 Å². The molecule has 0 bridgehead atoms. The van der Waals surface area contributed by atoms with Crippen LogP contribution in [0, 0.1) is 11.8 Å². The Kier molecular flexibility index (Phi) is 2.39. The number of carbonyl (C=O) groups is 1. The molecule has 2 aromatic rings. The number of nitrogens with zero attached hydrogens (tertiary/aromatic N) is 2. The maximum absolute atomic E-state index is 11.4. The summed E-state index contributed by atoms with van der Waals surface area (Å²) in [6.07, 6.45) is 0.943. The van der Waals surface area contributed by atoms with Crippen molar-refractivity contribution in [2.75, 3.05) is 0 Å². The summed E-state index contributed by atoms with van der Waals surface area (Å²) in [6, 6.07) is 0. The number of H-pyrrole nitrogens is 2. The molecule has 16 heavy (non-hydrogen) atoms. The van der Waals surface area contributed by atoms with Gasteiger partial charge in [-0.1, -0.05) is 5.92 Å². The molecule has 7 nitrogen and oxygen atoms in total. The van der Waals surface area contributed by atoms with Gasteiger partial charge in [-0.2, -0.15) is 5.10 Å². The first-order valence-electron chi connectivity index (χ1n) is 4.31. The molecular formula is C9H6N4O3. The van der Waals surface area contributed by atoms with E-state index in [0.29, 0.717) is 0 Å². The van der Waals surface area contributed by atoms with Crippen LogP contribution in [0.5, 0.6) is 0 Å². The van der Waals surface area contributed by atoms with Crippen molar-refractivity contribution in [3.8, 4) is 11.8 Å². The number of aromatic nitrogens is 4. The van der Waals surface area contributed by atoms with Crippen molar-refractivity contribution in [3.63, 3.8) is 0 Å². The average Bonchev–Trinajstić information content (AvgIpc) is 2.62. The summed E-state index contributed by atoms with van der Waals surface area (Å²) < 4.78 is 0. The standard InChI is InChI=1S/C9H6N4O3/c14-6(15)3-1-2-5-7-8(13-12-5)10-4-11-9(7)16/h4H,3H2,(H,14,15)(H2,10,11,12,13,16). The SMILES string of the molecule is O=C(O)CC#Cc1[nH]nc2nc[nH]c(=O)c12. The lowest BCUT2D eigenvalue weighted by molar-refractivity contribution is -0.135. The molecule has 80 valence electrons. The lowest BCUT2D eigenvalue weighted by Gasteiger charge is -1.85. The molecule has 0 amide bonds. The van der Waals surface area contributed by atoms with E-state index in [1.165, 1.54) is 6.33 Å². The van der Waals surface area contributed by atoms with Gasteiger partial charge in [0, 0.05) is 0 Å². The molecule has 0 spiro atoms. The van der Waals surface area contributed by atoms with E-state index < -0.39 is 5.97 Å². The van der Waals surface area contributed by atoms with Gasteiger partial charge in [-0.25, -0.2) is 4.98 Å². The number of fused-ring (bicyclic) bond motifs is 1. The van der Waals surface area contributed by atoms with Gasteiger partial charge in [0.1, 0.15) is 17.5 Å². The summed E-state index contributed by atoms with van der Waals surface area (Å²) in [5.74, 6) is 3.91. The second-order valence-electron chi connectivity index (χ2n) is 2.90. The normalized spacial score (nSPS) is 9.75. The minimum Gasteiger partial charge on any atom is -0.481 e. The number of carboxylic acid groups (broad SMARTS) is 1. The number of hydrogen-bond donors (Lipinski definition) is 3. The first-order chi connectivity index (χ1) is 7.68. The Balaban J connectivity index is 2.49. The molecule has 3 N–H and O–H groups in total. The van der Waals surface area contributed by atoms with Crippen molar-refractivity contribution in [2.45, 2.75) is 6.42 Å². The summed E-state index contributed by atoms with van der Waals surface area (Å²) in [5, 5.41) is 14.9. The zero-order valence-electron chi connectivity index (χ0n) is 7.94. The molecule has 0 aliphatic carbocycles. The van der Waals surface area contributed by atoms with Crippen molar-refractivity contribution in [1.29, 1.82) is 0 Å². The topological polar surface area (TPSA) is 112 Å². The molecule has 0 saturated carbocycles. The van der Waals surface area contributed by atoms with Crippen LogP contribution in [0.15, 0.2) is 11.1 Å². The molecule has 0 aliphatic heterocycles. The molecule has 0 radical (unpaired) electrons. The lowest BCUT2D eigenvalue weighted by Crippen LogP contribution is -2.06. The molecule has 2 heterocycles. The number of nitrogens with one attached hydrogen (secondary N) is 2. The van der Waals surface area contributed by atoms with Gasteiger partial charge < -0.3 is 10.1 Å². The highest BCUT2D eigenvalue weighted by molar-refractivity contribution is 5.79. The maximum Gasteiger partial charge on any atom is 0.315 e. The summed E-state index contributed by atoms with van der Waals surface area (Å²) >= 11 is 0. The highest BCUT2D eigenvalue weighted by atomic mass is 16.4. The molecule has 0 aliphatic rings. The van der Waals surface area contributed by atoms with Crippen LogP contribution in [0.3, 0.4) is 0 Å². The van der Waals surface area contributed by atoms with Gasteiger partial charge in [0.25, 0.3) is 5.56 Å². The quantitative estimate of drug-likeness (QED) is 0.557. The monoisotopic (exact) mass is 218 g/mol. The fourth-order valence-electron chi connectivity index (χ4n) is 1.16. The third-order valence-corrected chi connectivity index (χ3v) is 1.81. The summed E-state index contributed by atoms with van der Waals surface area (Å²) in [5.41, 5.74) is 0.160. The van der Waals surface area contributed by atoms with E-state index in [4.69, 9.17) is 5.11 Å². The van der Waals surface area contributed by atoms with Crippen molar-refractivity contribution in [1.82, 2.24) is 20.2 Å². The zero-order chi connectivity index (χ0) is 11.5. The Morgan fingerprint density at radius 2 is 2.38 bits per heavy atom. The van der Waals surface area contributed by atoms with E-state index in [1.54, 1.807) is 0 Å². The van der Waals surface area contributed by atoms with Crippen LogP contribution in [0.2, 0.25) is 0 Å². The van der Waals surface area contributed by atoms with Crippen LogP contribution in [0.4, 0.5) is 0 Å². The number of hydrogen-bond acceptors (Lipinski definition) is 4. The highest BCUT2D eigenvalue weighted by Gasteiger charge is 2.07. The molecule has 0 saturated heterocycles. The van der Waals surface area contributed by atoms with Crippen LogP contribution >= 0.6 is 0 Å². The molecular weight excluding hydrogens is 212 g/mol. The second kappa shape index (κ2) is 3.86. The second-order valence-corrected chi connectivity index (χ2v) is 2.90. The lowest BCUT2D eigenvalue weighted by atomic mass is 10.3. The molecule has 0 aromatic carbocycles. The van der Waals surface area contributed by atoms with Crippen molar-refractivity contribution < 1.29 is 9.90 Å². The fraction of sp³-hybridized carbons (Fsp3) is 0.111. The first kappa shape index (κ1) is 9.92. The fourth-order valence-corrected chi connectivity index (χ4v) is 1.16. The Labute approximate surface area is 88.5 Å². The van der Waals surface area contributed by atoms with Gasteiger partial charge in [0.15, 0.2) is 5.65 Å². The van der Waals surface area contributed by atoms with Crippen molar-refractivity contribution in [3.05, 3.63) is 22.4 Å². The van der Waals surface area contributed by atoms with Crippen LogP contribution in [-0.4, -0.2) is 31.2 Å². The largest absolute Gasteiger partial charge is 0.481 e. The van der Waals surface area contributed by atoms with Crippen molar-refractivity contribution in [2.24, 2.45) is 0 Å². The molecule has 0 fully saturated rings. The number of rotatable bonds is 1. The molecule has 7 heteroatoms.